The molecule has 84 valence electrons. The van der Waals surface area contributed by atoms with E-state index in [9.17, 15) is 4.79 Å². The maximum absolute atomic E-state index is 11.0. The van der Waals surface area contributed by atoms with E-state index in [1.165, 1.54) is 0 Å². The van der Waals surface area contributed by atoms with E-state index in [0.717, 1.165) is 0 Å². The predicted octanol–water partition coefficient (Wildman–Crippen LogP) is 2.19. The molecule has 0 aliphatic carbocycles. The third-order valence-electron chi connectivity index (χ3n) is 1.19. The van der Waals surface area contributed by atoms with Crippen molar-refractivity contribution in [2.24, 2.45) is 0 Å². The number of ether oxygens (including phenoxy) is 1. The molecule has 4 nitrogen and oxygen atoms in total. The van der Waals surface area contributed by atoms with Crippen LogP contribution in [0.4, 0.5) is 0 Å². The molecule has 1 aromatic heterocycles. The molecule has 0 aliphatic heterocycles. The number of aromatic nitrogens is 1. The summed E-state index contributed by atoms with van der Waals surface area (Å²) in [6.07, 6.45) is 3.12. The SMILES string of the molecule is CCOC(=O)c1ccncc1.ClOCl.[Se]. The number of hydrogen-bond donors (Lipinski definition) is 0. The molecule has 0 amide bonds. The molecule has 0 saturated carbocycles. The van der Waals surface area contributed by atoms with Crippen LogP contribution >= 0.6 is 23.7 Å². The van der Waals surface area contributed by atoms with Gasteiger partial charge in [-0.2, -0.15) is 3.84 Å². The molecule has 0 spiro atoms. The van der Waals surface area contributed by atoms with Crippen molar-refractivity contribution in [3.63, 3.8) is 0 Å². The van der Waals surface area contributed by atoms with Gasteiger partial charge in [0.05, 0.1) is 35.9 Å². The van der Waals surface area contributed by atoms with Crippen molar-refractivity contribution >= 4 is 46.8 Å². The molecule has 1 heterocycles. The Morgan fingerprint density at radius 2 is 1.87 bits per heavy atom. The summed E-state index contributed by atoms with van der Waals surface area (Å²) in [7, 11) is 0. The van der Waals surface area contributed by atoms with Crippen LogP contribution in [0.2, 0.25) is 0 Å². The zero-order valence-corrected chi connectivity index (χ0v) is 11.1. The number of hydrogen-bond acceptors (Lipinski definition) is 4. The molecule has 0 atom stereocenters. The van der Waals surface area contributed by atoms with E-state index in [0.29, 0.717) is 12.2 Å². The average molecular weight is 317 g/mol. The Labute approximate surface area is 109 Å². The number of rotatable bonds is 2. The van der Waals surface area contributed by atoms with Gasteiger partial charge < -0.3 is 4.74 Å². The van der Waals surface area contributed by atoms with Gasteiger partial charge in [0.2, 0.25) is 0 Å². The molecular formula is C8H9Cl2NO3Se. The van der Waals surface area contributed by atoms with Crippen LogP contribution in [0.5, 0.6) is 0 Å². The molecule has 1 aromatic rings. The predicted molar refractivity (Wildman–Crippen MR) is 58.7 cm³/mol. The van der Waals surface area contributed by atoms with Crippen LogP contribution in [0.25, 0.3) is 0 Å². The number of esters is 1. The monoisotopic (exact) mass is 317 g/mol. The molecule has 0 fully saturated rings. The summed E-state index contributed by atoms with van der Waals surface area (Å²) >= 11 is 8.53. The first-order valence-electron chi connectivity index (χ1n) is 3.72. The fourth-order valence-electron chi connectivity index (χ4n) is 0.702. The molecule has 15 heavy (non-hydrogen) atoms. The fraction of sp³-hybridized carbons (Fsp3) is 0.250. The first-order chi connectivity index (χ1) is 6.76. The van der Waals surface area contributed by atoms with Crippen molar-refractivity contribution in [2.45, 2.75) is 6.92 Å². The summed E-state index contributed by atoms with van der Waals surface area (Å²) in [5.74, 6) is -0.296. The molecule has 0 unspecified atom stereocenters. The van der Waals surface area contributed by atoms with Gasteiger partial charge in [-0.1, -0.05) is 0 Å². The van der Waals surface area contributed by atoms with E-state index in [1.807, 2.05) is 0 Å². The molecule has 1 rings (SSSR count). The second kappa shape index (κ2) is 11.8. The van der Waals surface area contributed by atoms with Crippen molar-refractivity contribution in [2.75, 3.05) is 6.61 Å². The van der Waals surface area contributed by atoms with E-state index >= 15 is 0 Å². The standard InChI is InChI=1S/C8H9NO2.Cl2O.Se/c1-2-11-8(10)7-3-5-9-6-4-7;1-3-2;/h3-6H,2H2,1H3;;. The molecule has 0 bridgehead atoms. The van der Waals surface area contributed by atoms with Crippen molar-refractivity contribution < 1.29 is 13.4 Å². The maximum Gasteiger partial charge on any atom is 0.338 e. The summed E-state index contributed by atoms with van der Waals surface area (Å²) in [6.45, 7) is 2.18. The Kier molecular flexibility index (Phi) is 13.4. The minimum absolute atomic E-state index is 0. The second-order valence-corrected chi connectivity index (χ2v) is 2.48. The zero-order chi connectivity index (χ0) is 10.8. The molecule has 2 radical (unpaired) electrons. The molecule has 0 N–H and O–H groups in total. The fourth-order valence-corrected chi connectivity index (χ4v) is 0.702. The largest absolute Gasteiger partial charge is 0.462 e. The summed E-state index contributed by atoms with van der Waals surface area (Å²) in [5, 5.41) is 0. The van der Waals surface area contributed by atoms with Gasteiger partial charge in [-0.3, -0.25) is 4.98 Å². The van der Waals surface area contributed by atoms with Crippen LogP contribution < -0.4 is 0 Å². The van der Waals surface area contributed by atoms with Gasteiger partial charge in [-0.05, 0) is 19.1 Å². The molecule has 0 aliphatic rings. The van der Waals surface area contributed by atoms with Crippen molar-refractivity contribution in [1.29, 1.82) is 0 Å². The molecule has 0 saturated heterocycles. The normalized spacial score (nSPS) is 7.93. The van der Waals surface area contributed by atoms with E-state index < -0.39 is 0 Å². The van der Waals surface area contributed by atoms with Crippen LogP contribution in [0.1, 0.15) is 17.3 Å². The molecule has 7 heteroatoms. The number of nitrogens with zero attached hydrogens (tertiary/aromatic N) is 1. The summed E-state index contributed by atoms with van der Waals surface area (Å²) in [6, 6.07) is 3.25. The number of carbonyl (C=O) groups excluding carboxylic acids is 1. The maximum atomic E-state index is 11.0. The summed E-state index contributed by atoms with van der Waals surface area (Å²) in [4.78, 5) is 14.8. The van der Waals surface area contributed by atoms with Gasteiger partial charge in [0.25, 0.3) is 0 Å². The van der Waals surface area contributed by atoms with Crippen LogP contribution in [0, 0.1) is 0 Å². The quantitative estimate of drug-likeness (QED) is 0.620. The minimum Gasteiger partial charge on any atom is -0.462 e. The van der Waals surface area contributed by atoms with Gasteiger partial charge in [-0.15, -0.1) is 0 Å². The van der Waals surface area contributed by atoms with Crippen molar-refractivity contribution in [1.82, 2.24) is 4.98 Å². The van der Waals surface area contributed by atoms with E-state index in [1.54, 1.807) is 31.5 Å². The Bertz CT molecular complexity index is 261. The van der Waals surface area contributed by atoms with E-state index in [-0.39, 0.29) is 23.0 Å². The van der Waals surface area contributed by atoms with Crippen molar-refractivity contribution in [3.05, 3.63) is 30.1 Å². The average Bonchev–Trinajstić information content (AvgIpc) is 2.21. The number of carbonyl (C=O) groups is 1. The van der Waals surface area contributed by atoms with Crippen LogP contribution in [-0.4, -0.2) is 34.6 Å². The van der Waals surface area contributed by atoms with Gasteiger partial charge >= 0.3 is 5.97 Å². The van der Waals surface area contributed by atoms with Gasteiger partial charge in [0.15, 0.2) is 0 Å². The third-order valence-corrected chi connectivity index (χ3v) is 1.19. The molecule has 0 aromatic carbocycles. The Hall–Kier alpha value is -0.321. The first-order valence-corrected chi connectivity index (χ1v) is 4.34. The Morgan fingerprint density at radius 1 is 1.40 bits per heavy atom. The van der Waals surface area contributed by atoms with E-state index in [4.69, 9.17) is 4.74 Å². The van der Waals surface area contributed by atoms with Gasteiger partial charge in [0, 0.05) is 29.5 Å². The van der Waals surface area contributed by atoms with Crippen LogP contribution in [0.15, 0.2) is 24.5 Å². The van der Waals surface area contributed by atoms with Crippen LogP contribution in [-0.2, 0) is 8.58 Å². The number of pyridine rings is 1. The van der Waals surface area contributed by atoms with Gasteiger partial charge in [-0.25, -0.2) is 4.79 Å². The summed E-state index contributed by atoms with van der Waals surface area (Å²) in [5.41, 5.74) is 0.543. The smallest absolute Gasteiger partial charge is 0.338 e. The number of halogens is 2. The topological polar surface area (TPSA) is 48.4 Å². The first kappa shape index (κ1) is 17.1. The second-order valence-electron chi connectivity index (χ2n) is 2.01. The zero-order valence-electron chi connectivity index (χ0n) is 7.85. The van der Waals surface area contributed by atoms with Crippen molar-refractivity contribution in [3.8, 4) is 0 Å². The van der Waals surface area contributed by atoms with E-state index in [2.05, 4.69) is 32.6 Å². The molecular weight excluding hydrogens is 308 g/mol. The third kappa shape index (κ3) is 8.66. The summed E-state index contributed by atoms with van der Waals surface area (Å²) < 4.78 is 7.96. The van der Waals surface area contributed by atoms with Crippen LogP contribution in [0.3, 0.4) is 0 Å². The van der Waals surface area contributed by atoms with Gasteiger partial charge in [0.1, 0.15) is 0 Å². The minimum atomic E-state index is -0.296. The Morgan fingerprint density at radius 3 is 2.27 bits per heavy atom. The Balaban J connectivity index is 0.